The molecule has 0 aromatic carbocycles. The number of aromatic nitrogens is 2. The summed E-state index contributed by atoms with van der Waals surface area (Å²) < 4.78 is 0. The highest BCUT2D eigenvalue weighted by Crippen LogP contribution is 2.17. The zero-order valence-corrected chi connectivity index (χ0v) is 9.35. The average Bonchev–Trinajstić information content (AvgIpc) is 2.31. The van der Waals surface area contributed by atoms with Gasteiger partial charge in [-0.05, 0) is 18.4 Å². The van der Waals surface area contributed by atoms with Crippen molar-refractivity contribution in [2.45, 2.75) is 44.6 Å². The van der Waals surface area contributed by atoms with Crippen LogP contribution in [0.4, 0.5) is 0 Å². The quantitative estimate of drug-likeness (QED) is 0.837. The summed E-state index contributed by atoms with van der Waals surface area (Å²) in [6.45, 7) is 0. The summed E-state index contributed by atoms with van der Waals surface area (Å²) in [5.74, 6) is 0.0849. The Morgan fingerprint density at radius 3 is 2.62 bits per heavy atom. The number of rotatable bonds is 3. The predicted octanol–water partition coefficient (Wildman–Crippen LogP) is 1.47. The van der Waals surface area contributed by atoms with Crippen LogP contribution >= 0.6 is 0 Å². The second-order valence-electron chi connectivity index (χ2n) is 4.33. The molecule has 1 N–H and O–H groups in total. The Hall–Kier alpha value is -1.45. The van der Waals surface area contributed by atoms with Crippen molar-refractivity contribution in [3.8, 4) is 0 Å². The minimum Gasteiger partial charge on any atom is -0.353 e. The summed E-state index contributed by atoms with van der Waals surface area (Å²) in [5.41, 5.74) is 0.871. The Morgan fingerprint density at radius 2 is 1.94 bits per heavy atom. The monoisotopic (exact) mass is 219 g/mol. The van der Waals surface area contributed by atoms with E-state index in [-0.39, 0.29) is 5.91 Å². The molecule has 86 valence electrons. The van der Waals surface area contributed by atoms with E-state index in [2.05, 4.69) is 15.3 Å². The van der Waals surface area contributed by atoms with E-state index < -0.39 is 0 Å². The molecule has 1 amide bonds. The van der Waals surface area contributed by atoms with Crippen molar-refractivity contribution >= 4 is 5.91 Å². The normalized spacial score (nSPS) is 17.0. The molecule has 1 aromatic rings. The zero-order chi connectivity index (χ0) is 11.2. The van der Waals surface area contributed by atoms with Crippen molar-refractivity contribution in [1.29, 1.82) is 0 Å². The van der Waals surface area contributed by atoms with Gasteiger partial charge in [-0.15, -0.1) is 0 Å². The van der Waals surface area contributed by atoms with Crippen molar-refractivity contribution < 1.29 is 4.79 Å². The summed E-state index contributed by atoms with van der Waals surface area (Å²) >= 11 is 0. The molecular weight excluding hydrogens is 202 g/mol. The predicted molar refractivity (Wildman–Crippen MR) is 60.8 cm³/mol. The van der Waals surface area contributed by atoms with E-state index >= 15 is 0 Å². The number of hydrogen-bond acceptors (Lipinski definition) is 3. The smallest absolute Gasteiger partial charge is 0.224 e. The van der Waals surface area contributed by atoms with Gasteiger partial charge in [-0.25, -0.2) is 9.97 Å². The third-order valence-corrected chi connectivity index (χ3v) is 2.95. The van der Waals surface area contributed by atoms with Crippen LogP contribution in [0.2, 0.25) is 0 Å². The van der Waals surface area contributed by atoms with Gasteiger partial charge in [0.2, 0.25) is 5.91 Å². The third kappa shape index (κ3) is 3.29. The molecule has 4 nitrogen and oxygen atoms in total. The van der Waals surface area contributed by atoms with Crippen molar-refractivity contribution in [2.24, 2.45) is 0 Å². The van der Waals surface area contributed by atoms with Crippen molar-refractivity contribution in [3.63, 3.8) is 0 Å². The van der Waals surface area contributed by atoms with Gasteiger partial charge >= 0.3 is 0 Å². The molecule has 2 rings (SSSR count). The minimum atomic E-state index is 0.0849. The van der Waals surface area contributed by atoms with Gasteiger partial charge in [0, 0.05) is 18.4 Å². The lowest BCUT2D eigenvalue weighted by Gasteiger charge is -2.22. The largest absolute Gasteiger partial charge is 0.353 e. The standard InChI is InChI=1S/C12H17N3O/c16-12(6-10-7-13-9-14-8-10)15-11-4-2-1-3-5-11/h7-9,11H,1-6H2,(H,15,16). The highest BCUT2D eigenvalue weighted by atomic mass is 16.1. The van der Waals surface area contributed by atoms with E-state index in [1.54, 1.807) is 12.4 Å². The van der Waals surface area contributed by atoms with E-state index in [0.717, 1.165) is 18.4 Å². The first-order valence-corrected chi connectivity index (χ1v) is 5.88. The second-order valence-corrected chi connectivity index (χ2v) is 4.33. The van der Waals surface area contributed by atoms with Crippen LogP contribution in [-0.4, -0.2) is 21.9 Å². The maximum absolute atomic E-state index is 11.7. The van der Waals surface area contributed by atoms with Crippen LogP contribution in [0.25, 0.3) is 0 Å². The highest BCUT2D eigenvalue weighted by Gasteiger charge is 2.15. The summed E-state index contributed by atoms with van der Waals surface area (Å²) in [5, 5.41) is 3.07. The first-order chi connectivity index (χ1) is 7.84. The molecule has 1 aromatic heterocycles. The summed E-state index contributed by atoms with van der Waals surface area (Å²) in [6, 6.07) is 0.380. The van der Waals surface area contributed by atoms with Crippen LogP contribution in [0.15, 0.2) is 18.7 Å². The van der Waals surface area contributed by atoms with E-state index in [1.807, 2.05) is 0 Å². The number of amides is 1. The third-order valence-electron chi connectivity index (χ3n) is 2.95. The molecule has 16 heavy (non-hydrogen) atoms. The molecule has 0 aliphatic heterocycles. The molecule has 0 spiro atoms. The number of carbonyl (C=O) groups excluding carboxylic acids is 1. The molecule has 4 heteroatoms. The van der Waals surface area contributed by atoms with Crippen LogP contribution in [0, 0.1) is 0 Å². The lowest BCUT2D eigenvalue weighted by atomic mass is 9.95. The van der Waals surface area contributed by atoms with Gasteiger partial charge in [0.05, 0.1) is 6.42 Å². The molecule has 0 atom stereocenters. The van der Waals surface area contributed by atoms with Gasteiger partial charge in [-0.3, -0.25) is 4.79 Å². The van der Waals surface area contributed by atoms with Crippen molar-refractivity contribution in [1.82, 2.24) is 15.3 Å². The van der Waals surface area contributed by atoms with E-state index in [4.69, 9.17) is 0 Å². The van der Waals surface area contributed by atoms with Crippen LogP contribution in [0.5, 0.6) is 0 Å². The Bertz CT molecular complexity index is 333. The SMILES string of the molecule is O=C(Cc1cncnc1)NC1CCCCC1. The summed E-state index contributed by atoms with van der Waals surface area (Å²) in [4.78, 5) is 19.5. The number of carbonyl (C=O) groups is 1. The molecule has 1 saturated carbocycles. The Labute approximate surface area is 95.5 Å². The number of hydrogen-bond donors (Lipinski definition) is 1. The molecule has 0 unspecified atom stereocenters. The van der Waals surface area contributed by atoms with Gasteiger partial charge in [0.15, 0.2) is 0 Å². The first-order valence-electron chi connectivity index (χ1n) is 5.88. The fourth-order valence-corrected chi connectivity index (χ4v) is 2.13. The fraction of sp³-hybridized carbons (Fsp3) is 0.583. The maximum atomic E-state index is 11.7. The summed E-state index contributed by atoms with van der Waals surface area (Å²) in [7, 11) is 0. The molecular formula is C12H17N3O. The zero-order valence-electron chi connectivity index (χ0n) is 9.35. The molecule has 1 aliphatic rings. The second kappa shape index (κ2) is 5.58. The van der Waals surface area contributed by atoms with Crippen molar-refractivity contribution in [3.05, 3.63) is 24.3 Å². The molecule has 0 radical (unpaired) electrons. The molecule has 1 heterocycles. The average molecular weight is 219 g/mol. The molecule has 0 saturated heterocycles. The maximum Gasteiger partial charge on any atom is 0.224 e. The number of nitrogens with zero attached hydrogens (tertiary/aromatic N) is 2. The van der Waals surface area contributed by atoms with Crippen LogP contribution < -0.4 is 5.32 Å². The van der Waals surface area contributed by atoms with Gasteiger partial charge < -0.3 is 5.32 Å². The molecule has 1 aliphatic carbocycles. The topological polar surface area (TPSA) is 54.9 Å². The van der Waals surface area contributed by atoms with Crippen LogP contribution in [0.1, 0.15) is 37.7 Å². The Morgan fingerprint density at radius 1 is 1.25 bits per heavy atom. The van der Waals surface area contributed by atoms with E-state index in [0.29, 0.717) is 12.5 Å². The van der Waals surface area contributed by atoms with Crippen molar-refractivity contribution in [2.75, 3.05) is 0 Å². The van der Waals surface area contributed by atoms with Gasteiger partial charge in [-0.1, -0.05) is 19.3 Å². The van der Waals surface area contributed by atoms with Crippen LogP contribution in [0.3, 0.4) is 0 Å². The fourth-order valence-electron chi connectivity index (χ4n) is 2.13. The summed E-state index contributed by atoms with van der Waals surface area (Å²) in [6.07, 6.45) is 11.3. The van der Waals surface area contributed by atoms with E-state index in [9.17, 15) is 4.79 Å². The van der Waals surface area contributed by atoms with Gasteiger partial charge in [0.25, 0.3) is 0 Å². The Kier molecular flexibility index (Phi) is 3.86. The first kappa shape index (κ1) is 11.0. The van der Waals surface area contributed by atoms with Crippen LogP contribution in [-0.2, 0) is 11.2 Å². The van der Waals surface area contributed by atoms with Gasteiger partial charge in [-0.2, -0.15) is 0 Å². The lowest BCUT2D eigenvalue weighted by molar-refractivity contribution is -0.121. The molecule has 1 fully saturated rings. The van der Waals surface area contributed by atoms with E-state index in [1.165, 1.54) is 25.6 Å². The highest BCUT2D eigenvalue weighted by molar-refractivity contribution is 5.78. The van der Waals surface area contributed by atoms with Gasteiger partial charge in [0.1, 0.15) is 6.33 Å². The number of nitrogens with one attached hydrogen (secondary N) is 1. The Balaban J connectivity index is 1.80. The minimum absolute atomic E-state index is 0.0849. The molecule has 0 bridgehead atoms. The lowest BCUT2D eigenvalue weighted by Crippen LogP contribution is -2.37.